The number of carbonyl (C=O) groups excluding carboxylic acids is 2. The molecular weight excluding hydrogens is 312 g/mol. The number of hydrogen-bond acceptors (Lipinski definition) is 2. The third kappa shape index (κ3) is 4.47. The fourth-order valence-corrected chi connectivity index (χ4v) is 3.15. The number of nitrogens with zero attached hydrogens (tertiary/aromatic N) is 1. The van der Waals surface area contributed by atoms with Crippen molar-refractivity contribution < 1.29 is 9.59 Å². The van der Waals surface area contributed by atoms with Gasteiger partial charge in [-0.05, 0) is 61.7 Å². The Labute approximate surface area is 148 Å². The predicted molar refractivity (Wildman–Crippen MR) is 99.9 cm³/mol. The van der Waals surface area contributed by atoms with E-state index >= 15 is 0 Å². The molecule has 2 aromatic carbocycles. The molecule has 0 spiro atoms. The van der Waals surface area contributed by atoms with Gasteiger partial charge in [0.15, 0.2) is 0 Å². The molecule has 4 heteroatoms. The topological polar surface area (TPSA) is 49.4 Å². The largest absolute Gasteiger partial charge is 0.339 e. The molecule has 1 N–H and O–H groups in total. The second-order valence-corrected chi connectivity index (χ2v) is 6.61. The maximum absolute atomic E-state index is 12.6. The van der Waals surface area contributed by atoms with Gasteiger partial charge in [-0.15, -0.1) is 0 Å². The molecule has 0 unspecified atom stereocenters. The highest BCUT2D eigenvalue weighted by Gasteiger charge is 2.17. The van der Waals surface area contributed by atoms with E-state index in [0.29, 0.717) is 11.1 Å². The number of benzene rings is 2. The Balaban J connectivity index is 1.66. The molecule has 0 radical (unpaired) electrons. The Morgan fingerprint density at radius 2 is 1.52 bits per heavy atom. The van der Waals surface area contributed by atoms with Crippen molar-refractivity contribution in [1.29, 1.82) is 0 Å². The lowest BCUT2D eigenvalue weighted by atomic mass is 10.1. The average molecular weight is 336 g/mol. The monoisotopic (exact) mass is 336 g/mol. The molecule has 3 rings (SSSR count). The summed E-state index contributed by atoms with van der Waals surface area (Å²) in [6, 6.07) is 14.6. The van der Waals surface area contributed by atoms with Crippen LogP contribution in [-0.2, 0) is 0 Å². The standard InChI is InChI=1S/C21H24N2O2/c1-16-7-6-8-19(15-16)22-20(24)17-9-11-18(12-10-17)21(25)23-13-4-2-3-5-14-23/h6-12,15H,2-5,13-14H2,1H3,(H,22,24). The summed E-state index contributed by atoms with van der Waals surface area (Å²) in [4.78, 5) is 26.9. The first-order valence-corrected chi connectivity index (χ1v) is 8.91. The van der Waals surface area contributed by atoms with Crippen LogP contribution >= 0.6 is 0 Å². The number of amides is 2. The summed E-state index contributed by atoms with van der Waals surface area (Å²) >= 11 is 0. The van der Waals surface area contributed by atoms with Gasteiger partial charge in [-0.25, -0.2) is 0 Å². The van der Waals surface area contributed by atoms with Gasteiger partial charge >= 0.3 is 0 Å². The molecule has 1 aliphatic heterocycles. The first-order chi connectivity index (χ1) is 12.1. The molecule has 0 aromatic heterocycles. The summed E-state index contributed by atoms with van der Waals surface area (Å²) in [7, 11) is 0. The van der Waals surface area contributed by atoms with Crippen LogP contribution in [0.4, 0.5) is 5.69 Å². The molecule has 2 aromatic rings. The number of nitrogens with one attached hydrogen (secondary N) is 1. The molecule has 1 fully saturated rings. The van der Waals surface area contributed by atoms with Crippen LogP contribution in [0.3, 0.4) is 0 Å². The van der Waals surface area contributed by atoms with E-state index in [1.165, 1.54) is 12.8 Å². The fraction of sp³-hybridized carbons (Fsp3) is 0.333. The number of carbonyl (C=O) groups is 2. The van der Waals surface area contributed by atoms with Crippen molar-refractivity contribution in [3.05, 3.63) is 65.2 Å². The van der Waals surface area contributed by atoms with Crippen molar-refractivity contribution in [2.24, 2.45) is 0 Å². The Bertz CT molecular complexity index is 745. The molecule has 0 bridgehead atoms. The van der Waals surface area contributed by atoms with Gasteiger partial charge in [0, 0.05) is 29.9 Å². The van der Waals surface area contributed by atoms with Gasteiger partial charge in [0.1, 0.15) is 0 Å². The third-order valence-corrected chi connectivity index (χ3v) is 4.56. The molecule has 0 atom stereocenters. The number of likely N-dealkylation sites (tertiary alicyclic amines) is 1. The van der Waals surface area contributed by atoms with Crippen LogP contribution in [-0.4, -0.2) is 29.8 Å². The zero-order chi connectivity index (χ0) is 17.6. The molecular formula is C21H24N2O2. The lowest BCUT2D eigenvalue weighted by Gasteiger charge is -2.20. The molecule has 1 heterocycles. The second-order valence-electron chi connectivity index (χ2n) is 6.61. The molecule has 0 aliphatic carbocycles. The van der Waals surface area contributed by atoms with Crippen molar-refractivity contribution in [2.75, 3.05) is 18.4 Å². The molecule has 0 saturated carbocycles. The zero-order valence-corrected chi connectivity index (χ0v) is 14.6. The normalized spacial score (nSPS) is 14.7. The van der Waals surface area contributed by atoms with Gasteiger partial charge in [0.25, 0.3) is 11.8 Å². The number of anilines is 1. The van der Waals surface area contributed by atoms with E-state index in [9.17, 15) is 9.59 Å². The predicted octanol–water partition coefficient (Wildman–Crippen LogP) is 4.26. The first-order valence-electron chi connectivity index (χ1n) is 8.91. The van der Waals surface area contributed by atoms with Crippen LogP contribution < -0.4 is 5.32 Å². The van der Waals surface area contributed by atoms with Gasteiger partial charge in [0.05, 0.1) is 0 Å². The highest BCUT2D eigenvalue weighted by atomic mass is 16.2. The number of aryl methyl sites for hydroxylation is 1. The minimum Gasteiger partial charge on any atom is -0.339 e. The summed E-state index contributed by atoms with van der Waals surface area (Å²) in [6.45, 7) is 3.64. The van der Waals surface area contributed by atoms with Gasteiger partial charge in [-0.2, -0.15) is 0 Å². The van der Waals surface area contributed by atoms with E-state index in [1.54, 1.807) is 24.3 Å². The SMILES string of the molecule is Cc1cccc(NC(=O)c2ccc(C(=O)N3CCCCCC3)cc2)c1. The summed E-state index contributed by atoms with van der Waals surface area (Å²) < 4.78 is 0. The Morgan fingerprint density at radius 3 is 2.16 bits per heavy atom. The van der Waals surface area contributed by atoms with Gasteiger partial charge in [-0.1, -0.05) is 25.0 Å². The van der Waals surface area contributed by atoms with Crippen LogP contribution in [0, 0.1) is 6.92 Å². The Kier molecular flexibility index (Phi) is 5.49. The van der Waals surface area contributed by atoms with Crippen molar-refractivity contribution in [3.8, 4) is 0 Å². The molecule has 25 heavy (non-hydrogen) atoms. The first kappa shape index (κ1) is 17.2. The van der Waals surface area contributed by atoms with Crippen LogP contribution in [0.5, 0.6) is 0 Å². The fourth-order valence-electron chi connectivity index (χ4n) is 3.15. The van der Waals surface area contributed by atoms with E-state index in [4.69, 9.17) is 0 Å². The highest BCUT2D eigenvalue weighted by Crippen LogP contribution is 2.15. The smallest absolute Gasteiger partial charge is 0.255 e. The quantitative estimate of drug-likeness (QED) is 0.910. The van der Waals surface area contributed by atoms with E-state index in [0.717, 1.165) is 37.2 Å². The van der Waals surface area contributed by atoms with E-state index in [-0.39, 0.29) is 11.8 Å². The van der Waals surface area contributed by atoms with Gasteiger partial charge < -0.3 is 10.2 Å². The van der Waals surface area contributed by atoms with Crippen molar-refractivity contribution in [3.63, 3.8) is 0 Å². The minimum absolute atomic E-state index is 0.0625. The summed E-state index contributed by atoms with van der Waals surface area (Å²) in [5, 5.41) is 2.89. The van der Waals surface area contributed by atoms with E-state index < -0.39 is 0 Å². The van der Waals surface area contributed by atoms with E-state index in [1.807, 2.05) is 36.1 Å². The zero-order valence-electron chi connectivity index (χ0n) is 14.6. The van der Waals surface area contributed by atoms with Gasteiger partial charge in [0.2, 0.25) is 0 Å². The maximum atomic E-state index is 12.6. The van der Waals surface area contributed by atoms with Crippen molar-refractivity contribution in [1.82, 2.24) is 4.90 Å². The summed E-state index contributed by atoms with van der Waals surface area (Å²) in [5.74, 6) is -0.105. The van der Waals surface area contributed by atoms with E-state index in [2.05, 4.69) is 5.32 Å². The molecule has 4 nitrogen and oxygen atoms in total. The Morgan fingerprint density at radius 1 is 0.880 bits per heavy atom. The van der Waals surface area contributed by atoms with Crippen LogP contribution in [0.1, 0.15) is 52.0 Å². The van der Waals surface area contributed by atoms with Gasteiger partial charge in [-0.3, -0.25) is 9.59 Å². The maximum Gasteiger partial charge on any atom is 0.255 e. The van der Waals surface area contributed by atoms with Crippen molar-refractivity contribution >= 4 is 17.5 Å². The molecule has 130 valence electrons. The second kappa shape index (κ2) is 7.97. The average Bonchev–Trinajstić information content (AvgIpc) is 2.90. The van der Waals surface area contributed by atoms with Crippen LogP contribution in [0.2, 0.25) is 0 Å². The third-order valence-electron chi connectivity index (χ3n) is 4.56. The van der Waals surface area contributed by atoms with Crippen LogP contribution in [0.25, 0.3) is 0 Å². The number of hydrogen-bond donors (Lipinski definition) is 1. The lowest BCUT2D eigenvalue weighted by molar-refractivity contribution is 0.0761. The molecule has 1 aliphatic rings. The molecule has 2 amide bonds. The summed E-state index contributed by atoms with van der Waals surface area (Å²) in [6.07, 6.45) is 4.54. The number of rotatable bonds is 3. The van der Waals surface area contributed by atoms with Crippen LogP contribution in [0.15, 0.2) is 48.5 Å². The molecule has 1 saturated heterocycles. The summed E-state index contributed by atoms with van der Waals surface area (Å²) in [5.41, 5.74) is 3.06. The Hall–Kier alpha value is -2.62. The lowest BCUT2D eigenvalue weighted by Crippen LogP contribution is -2.31. The highest BCUT2D eigenvalue weighted by molar-refractivity contribution is 6.05. The minimum atomic E-state index is -0.167. The van der Waals surface area contributed by atoms with Crippen molar-refractivity contribution in [2.45, 2.75) is 32.6 Å².